The zero-order chi connectivity index (χ0) is 22.0. The Balaban J connectivity index is 1.69. The lowest BCUT2D eigenvalue weighted by Gasteiger charge is -2.34. The normalized spacial score (nSPS) is 20.0. The highest BCUT2D eigenvalue weighted by atomic mass is 19.1. The molecular formula is C24H32FN3O3. The van der Waals surface area contributed by atoms with Gasteiger partial charge in [0.25, 0.3) is 0 Å². The summed E-state index contributed by atoms with van der Waals surface area (Å²) in [5, 5.41) is 10.8. The first-order chi connectivity index (χ1) is 14.9. The number of amides is 1. The van der Waals surface area contributed by atoms with E-state index in [9.17, 15) is 14.3 Å². The standard InChI is InChI=1S/C24H32FN3O3/c1-16(2)24(30)28(15-21-4-3-11-31-21)14-18-12-17-5-6-19(25)13-22(17)26-23(18)27-9-7-20(29)8-10-27/h5-6,12-13,16,20-21,29H,3-4,7-11,14-15H2,1-2H3. The number of rotatable bonds is 6. The fourth-order valence-electron chi connectivity index (χ4n) is 4.48. The second-order valence-corrected chi connectivity index (χ2v) is 9.03. The van der Waals surface area contributed by atoms with Crippen molar-refractivity contribution in [2.45, 2.75) is 58.3 Å². The van der Waals surface area contributed by atoms with Gasteiger partial charge >= 0.3 is 0 Å². The molecule has 0 aliphatic carbocycles. The largest absolute Gasteiger partial charge is 0.393 e. The summed E-state index contributed by atoms with van der Waals surface area (Å²) in [6.45, 7) is 6.96. The van der Waals surface area contributed by atoms with Gasteiger partial charge < -0.3 is 19.6 Å². The third-order valence-corrected chi connectivity index (χ3v) is 6.21. The Labute approximate surface area is 183 Å². The number of fused-ring (bicyclic) bond motifs is 1. The maximum absolute atomic E-state index is 13.8. The number of aromatic nitrogens is 1. The van der Waals surface area contributed by atoms with Crippen molar-refractivity contribution in [3.8, 4) is 0 Å². The molecule has 7 heteroatoms. The topological polar surface area (TPSA) is 65.9 Å². The number of hydrogen-bond acceptors (Lipinski definition) is 5. The van der Waals surface area contributed by atoms with E-state index in [1.165, 1.54) is 12.1 Å². The zero-order valence-electron chi connectivity index (χ0n) is 18.4. The van der Waals surface area contributed by atoms with Crippen molar-refractivity contribution in [2.24, 2.45) is 5.92 Å². The Bertz CT molecular complexity index is 922. The number of aliphatic hydroxyl groups excluding tert-OH is 1. The highest BCUT2D eigenvalue weighted by Crippen LogP contribution is 2.29. The molecule has 31 heavy (non-hydrogen) atoms. The SMILES string of the molecule is CC(C)C(=O)N(Cc1cc2ccc(F)cc2nc1N1CCC(O)CC1)CC1CCCO1. The van der Waals surface area contributed by atoms with Crippen LogP contribution in [0.3, 0.4) is 0 Å². The summed E-state index contributed by atoms with van der Waals surface area (Å²) in [6, 6.07) is 6.65. The van der Waals surface area contributed by atoms with Gasteiger partial charge in [0.1, 0.15) is 11.6 Å². The number of nitrogens with zero attached hydrogens (tertiary/aromatic N) is 3. The summed E-state index contributed by atoms with van der Waals surface area (Å²) < 4.78 is 19.6. The molecule has 0 bridgehead atoms. The molecule has 1 N–H and O–H groups in total. The molecule has 2 aliphatic heterocycles. The van der Waals surface area contributed by atoms with Crippen molar-refractivity contribution in [1.29, 1.82) is 0 Å². The van der Waals surface area contributed by atoms with Gasteiger partial charge in [0.05, 0.1) is 17.7 Å². The summed E-state index contributed by atoms with van der Waals surface area (Å²) in [5.74, 6) is 0.439. The van der Waals surface area contributed by atoms with Crippen molar-refractivity contribution in [1.82, 2.24) is 9.88 Å². The Morgan fingerprint density at radius 2 is 2.06 bits per heavy atom. The summed E-state index contributed by atoms with van der Waals surface area (Å²) in [4.78, 5) is 21.9. The third kappa shape index (κ3) is 5.15. The molecule has 0 saturated carbocycles. The Morgan fingerprint density at radius 1 is 1.29 bits per heavy atom. The van der Waals surface area contributed by atoms with E-state index in [0.717, 1.165) is 36.2 Å². The molecule has 1 amide bonds. The maximum atomic E-state index is 13.8. The van der Waals surface area contributed by atoms with Gasteiger partial charge in [0, 0.05) is 55.7 Å². The van der Waals surface area contributed by atoms with Gasteiger partial charge in [0.15, 0.2) is 0 Å². The fraction of sp³-hybridized carbons (Fsp3) is 0.583. The highest BCUT2D eigenvalue weighted by Gasteiger charge is 2.27. The van der Waals surface area contributed by atoms with Gasteiger partial charge in [-0.2, -0.15) is 0 Å². The summed E-state index contributed by atoms with van der Waals surface area (Å²) in [7, 11) is 0. The molecule has 4 rings (SSSR count). The van der Waals surface area contributed by atoms with Gasteiger partial charge in [-0.3, -0.25) is 4.79 Å². The van der Waals surface area contributed by atoms with E-state index in [4.69, 9.17) is 9.72 Å². The maximum Gasteiger partial charge on any atom is 0.225 e. The molecule has 1 unspecified atom stereocenters. The Kier molecular flexibility index (Phi) is 6.72. The number of benzene rings is 1. The lowest BCUT2D eigenvalue weighted by atomic mass is 10.0. The average Bonchev–Trinajstić information content (AvgIpc) is 3.26. The molecule has 168 valence electrons. The molecular weight excluding hydrogens is 397 g/mol. The first-order valence-electron chi connectivity index (χ1n) is 11.3. The molecule has 1 atom stereocenters. The van der Waals surface area contributed by atoms with Crippen LogP contribution in [0.15, 0.2) is 24.3 Å². The van der Waals surface area contributed by atoms with Crippen LogP contribution in [0.1, 0.15) is 45.1 Å². The molecule has 2 fully saturated rings. The van der Waals surface area contributed by atoms with Gasteiger partial charge in [0.2, 0.25) is 5.91 Å². The minimum atomic E-state index is -0.317. The molecule has 2 aliphatic rings. The summed E-state index contributed by atoms with van der Waals surface area (Å²) >= 11 is 0. The van der Waals surface area contributed by atoms with E-state index >= 15 is 0 Å². The van der Waals surface area contributed by atoms with E-state index < -0.39 is 0 Å². The number of aliphatic hydroxyl groups is 1. The van der Waals surface area contributed by atoms with Crippen molar-refractivity contribution >= 4 is 22.6 Å². The molecule has 6 nitrogen and oxygen atoms in total. The predicted molar refractivity (Wildman–Crippen MR) is 118 cm³/mol. The molecule has 1 aromatic heterocycles. The highest BCUT2D eigenvalue weighted by molar-refractivity contribution is 5.83. The number of pyridine rings is 1. The number of hydrogen-bond donors (Lipinski definition) is 1. The monoisotopic (exact) mass is 429 g/mol. The van der Waals surface area contributed by atoms with Crippen LogP contribution < -0.4 is 4.90 Å². The lowest BCUT2D eigenvalue weighted by molar-refractivity contribution is -0.136. The fourth-order valence-corrected chi connectivity index (χ4v) is 4.48. The van der Waals surface area contributed by atoms with E-state index in [0.29, 0.717) is 44.5 Å². The number of piperidine rings is 1. The molecule has 3 heterocycles. The van der Waals surface area contributed by atoms with Crippen LogP contribution in [0, 0.1) is 11.7 Å². The Morgan fingerprint density at radius 3 is 2.74 bits per heavy atom. The number of carbonyl (C=O) groups is 1. The quantitative estimate of drug-likeness (QED) is 0.761. The number of halogens is 1. The smallest absolute Gasteiger partial charge is 0.225 e. The first kappa shape index (κ1) is 22.0. The van der Waals surface area contributed by atoms with Gasteiger partial charge in [-0.05, 0) is 43.9 Å². The van der Waals surface area contributed by atoms with E-state index in [2.05, 4.69) is 4.90 Å². The number of anilines is 1. The van der Waals surface area contributed by atoms with Crippen LogP contribution in [0.25, 0.3) is 10.9 Å². The van der Waals surface area contributed by atoms with Crippen molar-refractivity contribution in [3.63, 3.8) is 0 Å². The molecule has 2 aromatic rings. The number of carbonyl (C=O) groups excluding carboxylic acids is 1. The van der Waals surface area contributed by atoms with E-state index in [1.807, 2.05) is 24.8 Å². The Hall–Kier alpha value is -2.25. The second-order valence-electron chi connectivity index (χ2n) is 9.03. The van der Waals surface area contributed by atoms with Crippen LogP contribution in [-0.4, -0.2) is 59.3 Å². The molecule has 1 aromatic carbocycles. The summed E-state index contributed by atoms with van der Waals surface area (Å²) in [5.41, 5.74) is 1.55. The van der Waals surface area contributed by atoms with Crippen LogP contribution in [0.4, 0.5) is 10.2 Å². The van der Waals surface area contributed by atoms with Crippen LogP contribution in [-0.2, 0) is 16.1 Å². The second kappa shape index (κ2) is 9.49. The minimum absolute atomic E-state index is 0.0683. The van der Waals surface area contributed by atoms with E-state index in [1.54, 1.807) is 6.07 Å². The van der Waals surface area contributed by atoms with Gasteiger partial charge in [-0.1, -0.05) is 13.8 Å². The van der Waals surface area contributed by atoms with Crippen molar-refractivity contribution in [2.75, 3.05) is 31.1 Å². The van der Waals surface area contributed by atoms with Gasteiger partial charge in [-0.15, -0.1) is 0 Å². The van der Waals surface area contributed by atoms with Crippen LogP contribution in [0.2, 0.25) is 0 Å². The number of ether oxygens (including phenoxy) is 1. The minimum Gasteiger partial charge on any atom is -0.393 e. The molecule has 2 saturated heterocycles. The lowest BCUT2D eigenvalue weighted by Crippen LogP contribution is -2.40. The van der Waals surface area contributed by atoms with Gasteiger partial charge in [-0.25, -0.2) is 9.37 Å². The van der Waals surface area contributed by atoms with Crippen molar-refractivity contribution < 1.29 is 19.0 Å². The first-order valence-corrected chi connectivity index (χ1v) is 11.3. The van der Waals surface area contributed by atoms with E-state index in [-0.39, 0.29) is 29.9 Å². The van der Waals surface area contributed by atoms with Crippen LogP contribution in [0.5, 0.6) is 0 Å². The average molecular weight is 430 g/mol. The predicted octanol–water partition coefficient (Wildman–Crippen LogP) is 3.50. The van der Waals surface area contributed by atoms with Crippen LogP contribution >= 0.6 is 0 Å². The molecule has 0 spiro atoms. The zero-order valence-corrected chi connectivity index (χ0v) is 18.4. The third-order valence-electron chi connectivity index (χ3n) is 6.21. The van der Waals surface area contributed by atoms with Crippen molar-refractivity contribution in [3.05, 3.63) is 35.6 Å². The molecule has 0 radical (unpaired) electrons. The summed E-state index contributed by atoms with van der Waals surface area (Å²) in [6.07, 6.45) is 3.11.